The minimum Gasteiger partial charge on any atom is -0.425 e. The van der Waals surface area contributed by atoms with E-state index in [0.717, 1.165) is 4.47 Å². The highest BCUT2D eigenvalue weighted by Crippen LogP contribution is 2.27. The summed E-state index contributed by atoms with van der Waals surface area (Å²) in [6.45, 7) is 1.73. The number of carbonyl (C=O) groups is 1. The van der Waals surface area contributed by atoms with Crippen LogP contribution >= 0.6 is 27.5 Å². The minimum absolute atomic E-state index is 0.288. The maximum Gasteiger partial charge on any atom is 0.310 e. The number of benzene rings is 1. The quantitative estimate of drug-likeness (QED) is 0.604. The average Bonchev–Trinajstić information content (AvgIpc) is 2.09. The van der Waals surface area contributed by atoms with E-state index >= 15 is 0 Å². The van der Waals surface area contributed by atoms with Gasteiger partial charge in [-0.3, -0.25) is 4.79 Å². The van der Waals surface area contributed by atoms with Crippen LogP contribution in [0.1, 0.15) is 13.3 Å². The first-order valence-electron chi connectivity index (χ1n) is 3.79. The first kappa shape index (κ1) is 10.5. The van der Waals surface area contributed by atoms with E-state index in [2.05, 4.69) is 15.9 Å². The topological polar surface area (TPSA) is 26.3 Å². The highest BCUT2D eigenvalue weighted by Gasteiger charge is 2.05. The van der Waals surface area contributed by atoms with Crippen molar-refractivity contribution in [2.24, 2.45) is 0 Å². The highest BCUT2D eigenvalue weighted by atomic mass is 79.9. The number of hydrogen-bond acceptors (Lipinski definition) is 2. The molecule has 1 aromatic carbocycles. The molecule has 2 nitrogen and oxygen atoms in total. The van der Waals surface area contributed by atoms with Gasteiger partial charge in [-0.25, -0.2) is 0 Å². The SMILES string of the molecule is CCC(=O)Oc1ccc(Br)cc1Cl. The molecule has 0 bridgehead atoms. The number of rotatable bonds is 2. The molecule has 0 amide bonds. The Morgan fingerprint density at radius 1 is 1.62 bits per heavy atom. The van der Waals surface area contributed by atoms with Gasteiger partial charge in [0.1, 0.15) is 5.75 Å². The van der Waals surface area contributed by atoms with Crippen LogP contribution in [0, 0.1) is 0 Å². The summed E-state index contributed by atoms with van der Waals surface area (Å²) < 4.78 is 5.81. The predicted molar refractivity (Wildman–Crippen MR) is 55.1 cm³/mol. The second-order valence-corrected chi connectivity index (χ2v) is 3.73. The first-order valence-corrected chi connectivity index (χ1v) is 4.96. The summed E-state index contributed by atoms with van der Waals surface area (Å²) in [5, 5.41) is 0.427. The molecule has 0 unspecified atom stereocenters. The van der Waals surface area contributed by atoms with E-state index in [1.54, 1.807) is 25.1 Å². The smallest absolute Gasteiger partial charge is 0.310 e. The van der Waals surface area contributed by atoms with Crippen LogP contribution in [0.4, 0.5) is 0 Å². The fraction of sp³-hybridized carbons (Fsp3) is 0.222. The Kier molecular flexibility index (Phi) is 3.75. The van der Waals surface area contributed by atoms with Crippen molar-refractivity contribution in [3.05, 3.63) is 27.7 Å². The van der Waals surface area contributed by atoms with Gasteiger partial charge in [0.15, 0.2) is 0 Å². The zero-order valence-electron chi connectivity index (χ0n) is 7.01. The van der Waals surface area contributed by atoms with Crippen LogP contribution in [-0.2, 0) is 4.79 Å². The van der Waals surface area contributed by atoms with Crippen molar-refractivity contribution in [1.29, 1.82) is 0 Å². The highest BCUT2D eigenvalue weighted by molar-refractivity contribution is 9.10. The van der Waals surface area contributed by atoms with Crippen LogP contribution in [0.5, 0.6) is 5.75 Å². The number of esters is 1. The first-order chi connectivity index (χ1) is 6.13. The molecular formula is C9H8BrClO2. The summed E-state index contributed by atoms with van der Waals surface area (Å²) in [5.41, 5.74) is 0. The van der Waals surface area contributed by atoms with E-state index in [-0.39, 0.29) is 5.97 Å². The molecule has 0 atom stereocenters. The molecule has 0 aliphatic rings. The van der Waals surface area contributed by atoms with E-state index < -0.39 is 0 Å². The van der Waals surface area contributed by atoms with Gasteiger partial charge in [0.2, 0.25) is 0 Å². The van der Waals surface area contributed by atoms with Gasteiger partial charge in [-0.15, -0.1) is 0 Å². The summed E-state index contributed by atoms with van der Waals surface area (Å²) >= 11 is 9.08. The van der Waals surface area contributed by atoms with Gasteiger partial charge >= 0.3 is 5.97 Å². The molecule has 4 heteroatoms. The lowest BCUT2D eigenvalue weighted by Gasteiger charge is -2.04. The fourth-order valence-electron chi connectivity index (χ4n) is 0.753. The third-order valence-electron chi connectivity index (χ3n) is 1.41. The van der Waals surface area contributed by atoms with E-state index in [1.807, 2.05) is 0 Å². The van der Waals surface area contributed by atoms with Crippen LogP contribution in [0.3, 0.4) is 0 Å². The molecule has 1 rings (SSSR count). The second kappa shape index (κ2) is 4.63. The average molecular weight is 264 g/mol. The van der Waals surface area contributed by atoms with E-state index in [9.17, 15) is 4.79 Å². The molecule has 13 heavy (non-hydrogen) atoms. The zero-order chi connectivity index (χ0) is 9.84. The van der Waals surface area contributed by atoms with Gasteiger partial charge in [0.25, 0.3) is 0 Å². The summed E-state index contributed by atoms with van der Waals surface area (Å²) in [6.07, 6.45) is 0.340. The molecule has 0 aliphatic heterocycles. The Balaban J connectivity index is 2.83. The Bertz CT molecular complexity index is 325. The van der Waals surface area contributed by atoms with Gasteiger partial charge < -0.3 is 4.74 Å². The van der Waals surface area contributed by atoms with Crippen molar-refractivity contribution < 1.29 is 9.53 Å². The van der Waals surface area contributed by atoms with Gasteiger partial charge in [0, 0.05) is 10.9 Å². The lowest BCUT2D eigenvalue weighted by atomic mass is 10.3. The van der Waals surface area contributed by atoms with Crippen molar-refractivity contribution in [3.63, 3.8) is 0 Å². The summed E-state index contributed by atoms with van der Waals surface area (Å²) in [4.78, 5) is 10.9. The molecule has 0 saturated heterocycles. The Labute approximate surface area is 90.0 Å². The van der Waals surface area contributed by atoms with Crippen molar-refractivity contribution in [1.82, 2.24) is 0 Å². The van der Waals surface area contributed by atoms with Crippen LogP contribution in [0.25, 0.3) is 0 Å². The maximum atomic E-state index is 10.9. The lowest BCUT2D eigenvalue weighted by molar-refractivity contribution is -0.134. The van der Waals surface area contributed by atoms with Gasteiger partial charge in [0.05, 0.1) is 5.02 Å². The molecule has 0 aliphatic carbocycles. The Hall–Kier alpha value is -0.540. The van der Waals surface area contributed by atoms with Gasteiger partial charge in [-0.05, 0) is 18.2 Å². The van der Waals surface area contributed by atoms with Crippen LogP contribution in [0.15, 0.2) is 22.7 Å². The van der Waals surface area contributed by atoms with Crippen molar-refractivity contribution in [3.8, 4) is 5.75 Å². The van der Waals surface area contributed by atoms with Crippen LogP contribution in [0.2, 0.25) is 5.02 Å². The fourth-order valence-corrected chi connectivity index (χ4v) is 1.46. The molecule has 70 valence electrons. The van der Waals surface area contributed by atoms with Crippen molar-refractivity contribution >= 4 is 33.5 Å². The van der Waals surface area contributed by atoms with Crippen LogP contribution < -0.4 is 4.74 Å². The molecule has 0 radical (unpaired) electrons. The lowest BCUT2D eigenvalue weighted by Crippen LogP contribution is -2.05. The largest absolute Gasteiger partial charge is 0.425 e. The standard InChI is InChI=1S/C9H8BrClO2/c1-2-9(12)13-8-4-3-6(10)5-7(8)11/h3-5H,2H2,1H3. The number of halogens is 2. The van der Waals surface area contributed by atoms with Crippen molar-refractivity contribution in [2.75, 3.05) is 0 Å². The van der Waals surface area contributed by atoms with Crippen molar-refractivity contribution in [2.45, 2.75) is 13.3 Å². The Morgan fingerprint density at radius 2 is 2.31 bits per heavy atom. The Morgan fingerprint density at radius 3 is 2.85 bits per heavy atom. The maximum absolute atomic E-state index is 10.9. The molecular weight excluding hydrogens is 255 g/mol. The minimum atomic E-state index is -0.288. The van der Waals surface area contributed by atoms with Gasteiger partial charge in [-0.2, -0.15) is 0 Å². The molecule has 0 aromatic heterocycles. The van der Waals surface area contributed by atoms with E-state index in [1.165, 1.54) is 0 Å². The summed E-state index contributed by atoms with van der Waals surface area (Å²) in [7, 11) is 0. The summed E-state index contributed by atoms with van der Waals surface area (Å²) in [5.74, 6) is 0.112. The third kappa shape index (κ3) is 3.01. The van der Waals surface area contributed by atoms with Gasteiger partial charge in [-0.1, -0.05) is 34.5 Å². The molecule has 0 N–H and O–H groups in total. The molecule has 0 fully saturated rings. The molecule has 0 heterocycles. The zero-order valence-corrected chi connectivity index (χ0v) is 9.35. The molecule has 0 spiro atoms. The number of carbonyl (C=O) groups excluding carboxylic acids is 1. The third-order valence-corrected chi connectivity index (χ3v) is 2.20. The monoisotopic (exact) mass is 262 g/mol. The molecule has 1 aromatic rings. The number of hydrogen-bond donors (Lipinski definition) is 0. The molecule has 0 saturated carbocycles. The normalized spacial score (nSPS) is 9.77. The number of ether oxygens (including phenoxy) is 1. The second-order valence-electron chi connectivity index (χ2n) is 2.40. The summed E-state index contributed by atoms with van der Waals surface area (Å²) in [6, 6.07) is 5.10. The van der Waals surface area contributed by atoms with Crippen LogP contribution in [-0.4, -0.2) is 5.97 Å². The predicted octanol–water partition coefficient (Wildman–Crippen LogP) is 3.42. The van der Waals surface area contributed by atoms with E-state index in [0.29, 0.717) is 17.2 Å². The van der Waals surface area contributed by atoms with E-state index in [4.69, 9.17) is 16.3 Å².